The number of rotatable bonds is 3. The lowest BCUT2D eigenvalue weighted by Gasteiger charge is -2.21. The predicted octanol–water partition coefficient (Wildman–Crippen LogP) is 2.49. The Morgan fingerprint density at radius 2 is 1.87 bits per heavy atom. The van der Waals surface area contributed by atoms with E-state index in [1.54, 1.807) is 5.51 Å². The van der Waals surface area contributed by atoms with Gasteiger partial charge in [-0.2, -0.15) is 0 Å². The second-order valence-corrected chi connectivity index (χ2v) is 7.14. The first-order valence-electron chi connectivity index (χ1n) is 7.83. The first-order chi connectivity index (χ1) is 11.2. The number of amides is 1. The Morgan fingerprint density at radius 1 is 1.17 bits per heavy atom. The predicted molar refractivity (Wildman–Crippen MR) is 86.7 cm³/mol. The number of carbonyl (C=O) groups is 1. The summed E-state index contributed by atoms with van der Waals surface area (Å²) in [6.07, 6.45) is 0. The van der Waals surface area contributed by atoms with Crippen LogP contribution in [0.25, 0.3) is 0 Å². The summed E-state index contributed by atoms with van der Waals surface area (Å²) in [6.45, 7) is 4.50. The monoisotopic (exact) mass is 331 g/mol. The third kappa shape index (κ3) is 3.01. The largest absolute Gasteiger partial charge is 0.337 e. The first kappa shape index (κ1) is 14.8. The summed E-state index contributed by atoms with van der Waals surface area (Å²) in [5, 5.41) is 1.82. The van der Waals surface area contributed by atoms with Crippen LogP contribution in [0.5, 0.6) is 0 Å². The van der Waals surface area contributed by atoms with Crippen molar-refractivity contribution in [3.8, 4) is 0 Å². The van der Waals surface area contributed by atoms with Gasteiger partial charge in [0.05, 0.1) is 5.51 Å². The van der Waals surface area contributed by atoms with Crippen LogP contribution in [-0.2, 0) is 6.54 Å². The molecule has 120 valence electrons. The molecule has 2 aliphatic heterocycles. The van der Waals surface area contributed by atoms with Crippen LogP contribution in [0.2, 0.25) is 0 Å². The zero-order valence-corrected chi connectivity index (χ0v) is 13.5. The molecule has 2 aromatic rings. The zero-order valence-electron chi connectivity index (χ0n) is 12.7. The van der Waals surface area contributed by atoms with Gasteiger partial charge < -0.3 is 4.90 Å². The van der Waals surface area contributed by atoms with Gasteiger partial charge in [-0.15, -0.1) is 11.3 Å². The van der Waals surface area contributed by atoms with Gasteiger partial charge in [0, 0.05) is 38.1 Å². The van der Waals surface area contributed by atoms with Crippen LogP contribution in [-0.4, -0.2) is 46.9 Å². The van der Waals surface area contributed by atoms with Crippen LogP contribution in [0.15, 0.2) is 35.2 Å². The molecular weight excluding hydrogens is 313 g/mol. The molecule has 2 saturated heterocycles. The summed E-state index contributed by atoms with van der Waals surface area (Å²) < 4.78 is 13.0. The molecule has 2 aliphatic rings. The van der Waals surface area contributed by atoms with E-state index in [1.165, 1.54) is 23.5 Å². The average Bonchev–Trinajstić information content (AvgIpc) is 3.24. The lowest BCUT2D eigenvalue weighted by atomic mass is 10.0. The highest BCUT2D eigenvalue weighted by Gasteiger charge is 2.41. The number of hydrogen-bond donors (Lipinski definition) is 0. The van der Waals surface area contributed by atoms with E-state index in [0.717, 1.165) is 38.3 Å². The van der Waals surface area contributed by atoms with Crippen molar-refractivity contribution in [1.29, 1.82) is 0 Å². The molecular formula is C17H18FN3OS. The lowest BCUT2D eigenvalue weighted by molar-refractivity contribution is 0.0768. The van der Waals surface area contributed by atoms with Crippen molar-refractivity contribution in [2.45, 2.75) is 6.54 Å². The molecule has 23 heavy (non-hydrogen) atoms. The minimum atomic E-state index is -0.191. The third-order valence-corrected chi connectivity index (χ3v) is 5.41. The highest BCUT2D eigenvalue weighted by atomic mass is 32.1. The minimum absolute atomic E-state index is 0.0609. The van der Waals surface area contributed by atoms with Gasteiger partial charge in [0.2, 0.25) is 0 Å². The summed E-state index contributed by atoms with van der Waals surface area (Å²) in [4.78, 5) is 20.8. The molecule has 3 heterocycles. The topological polar surface area (TPSA) is 36.4 Å². The Labute approximate surface area is 138 Å². The van der Waals surface area contributed by atoms with E-state index in [-0.39, 0.29) is 11.7 Å². The molecule has 0 spiro atoms. The molecule has 4 nitrogen and oxygen atoms in total. The van der Waals surface area contributed by atoms with Gasteiger partial charge in [-0.1, -0.05) is 12.1 Å². The lowest BCUT2D eigenvalue weighted by Crippen LogP contribution is -2.33. The van der Waals surface area contributed by atoms with Crippen molar-refractivity contribution >= 4 is 17.2 Å². The first-order valence-corrected chi connectivity index (χ1v) is 8.77. The number of aromatic nitrogens is 1. The number of nitrogens with zero attached hydrogens (tertiary/aromatic N) is 3. The van der Waals surface area contributed by atoms with Crippen molar-refractivity contribution in [1.82, 2.24) is 14.8 Å². The van der Waals surface area contributed by atoms with Crippen LogP contribution < -0.4 is 0 Å². The molecule has 1 aromatic heterocycles. The second-order valence-electron chi connectivity index (χ2n) is 6.42. The molecule has 2 atom stereocenters. The van der Waals surface area contributed by atoms with Gasteiger partial charge in [0.1, 0.15) is 11.5 Å². The van der Waals surface area contributed by atoms with Gasteiger partial charge >= 0.3 is 0 Å². The van der Waals surface area contributed by atoms with Crippen LogP contribution >= 0.6 is 11.3 Å². The van der Waals surface area contributed by atoms with Crippen LogP contribution in [0, 0.1) is 17.7 Å². The molecule has 1 amide bonds. The fourth-order valence-electron chi connectivity index (χ4n) is 3.71. The molecule has 2 fully saturated rings. The van der Waals surface area contributed by atoms with Crippen molar-refractivity contribution in [2.24, 2.45) is 11.8 Å². The van der Waals surface area contributed by atoms with Crippen LogP contribution in [0.4, 0.5) is 4.39 Å². The zero-order chi connectivity index (χ0) is 15.8. The van der Waals surface area contributed by atoms with Crippen molar-refractivity contribution in [3.63, 3.8) is 0 Å². The van der Waals surface area contributed by atoms with Gasteiger partial charge in [-0.3, -0.25) is 9.69 Å². The molecule has 2 unspecified atom stereocenters. The van der Waals surface area contributed by atoms with Crippen molar-refractivity contribution in [3.05, 3.63) is 52.2 Å². The quantitative estimate of drug-likeness (QED) is 0.867. The molecule has 6 heteroatoms. The van der Waals surface area contributed by atoms with E-state index in [1.807, 2.05) is 22.4 Å². The smallest absolute Gasteiger partial charge is 0.273 e. The number of carbonyl (C=O) groups excluding carboxylic acids is 1. The fourth-order valence-corrected chi connectivity index (χ4v) is 4.24. The Bertz CT molecular complexity index is 674. The van der Waals surface area contributed by atoms with E-state index in [0.29, 0.717) is 17.5 Å². The van der Waals surface area contributed by atoms with Crippen molar-refractivity contribution in [2.75, 3.05) is 26.2 Å². The Hall–Kier alpha value is -1.79. The molecule has 0 radical (unpaired) electrons. The SMILES string of the molecule is O=C(c1cscn1)N1CC2CN(Cc3ccc(F)cc3)CC2C1. The Morgan fingerprint density at radius 3 is 2.48 bits per heavy atom. The van der Waals surface area contributed by atoms with E-state index in [4.69, 9.17) is 0 Å². The highest BCUT2D eigenvalue weighted by molar-refractivity contribution is 7.07. The van der Waals surface area contributed by atoms with Gasteiger partial charge in [-0.05, 0) is 29.5 Å². The number of fused-ring (bicyclic) bond motifs is 1. The Balaban J connectivity index is 1.35. The molecule has 1 aromatic carbocycles. The van der Waals surface area contributed by atoms with Crippen LogP contribution in [0.1, 0.15) is 16.1 Å². The van der Waals surface area contributed by atoms with Gasteiger partial charge in [0.25, 0.3) is 5.91 Å². The fraction of sp³-hybridized carbons (Fsp3) is 0.412. The van der Waals surface area contributed by atoms with E-state index in [2.05, 4.69) is 9.88 Å². The average molecular weight is 331 g/mol. The number of thiazole rings is 1. The number of halogens is 1. The number of likely N-dealkylation sites (tertiary alicyclic amines) is 2. The maximum absolute atomic E-state index is 13.0. The molecule has 4 rings (SSSR count). The Kier molecular flexibility index (Phi) is 3.87. The minimum Gasteiger partial charge on any atom is -0.337 e. The summed E-state index contributed by atoms with van der Waals surface area (Å²) in [5.74, 6) is 0.949. The number of hydrogen-bond acceptors (Lipinski definition) is 4. The molecule has 0 aliphatic carbocycles. The molecule has 0 bridgehead atoms. The van der Waals surface area contributed by atoms with Gasteiger partial charge in [-0.25, -0.2) is 9.37 Å². The molecule has 0 saturated carbocycles. The maximum Gasteiger partial charge on any atom is 0.273 e. The summed E-state index contributed by atoms with van der Waals surface area (Å²) >= 11 is 1.46. The maximum atomic E-state index is 13.0. The summed E-state index contributed by atoms with van der Waals surface area (Å²) in [5.41, 5.74) is 3.41. The van der Waals surface area contributed by atoms with Crippen LogP contribution in [0.3, 0.4) is 0 Å². The van der Waals surface area contributed by atoms with E-state index < -0.39 is 0 Å². The summed E-state index contributed by atoms with van der Waals surface area (Å²) in [6, 6.07) is 6.73. The third-order valence-electron chi connectivity index (χ3n) is 4.82. The second kappa shape index (κ2) is 6.02. The molecule has 0 N–H and O–H groups in total. The standard InChI is InChI=1S/C17H18FN3OS/c18-15-3-1-12(2-4-15)5-20-6-13-8-21(9-14(13)7-20)17(22)16-10-23-11-19-16/h1-4,10-11,13-14H,5-9H2. The van der Waals surface area contributed by atoms with Gasteiger partial charge in [0.15, 0.2) is 0 Å². The summed E-state index contributed by atoms with van der Waals surface area (Å²) in [7, 11) is 0. The van der Waals surface area contributed by atoms with E-state index >= 15 is 0 Å². The normalized spacial score (nSPS) is 24.1. The van der Waals surface area contributed by atoms with Crippen molar-refractivity contribution < 1.29 is 9.18 Å². The van der Waals surface area contributed by atoms with E-state index in [9.17, 15) is 9.18 Å². The number of benzene rings is 1. The highest BCUT2D eigenvalue weighted by Crippen LogP contribution is 2.32.